The van der Waals surface area contributed by atoms with E-state index in [0.29, 0.717) is 12.0 Å². The zero-order valence-electron chi connectivity index (χ0n) is 18.2. The Bertz CT molecular complexity index is 942. The van der Waals surface area contributed by atoms with Gasteiger partial charge in [-0.25, -0.2) is 13.1 Å². The quantitative estimate of drug-likeness (QED) is 0.230. The second-order valence-corrected chi connectivity index (χ2v) is 10.3. The number of rotatable bonds is 9. The third kappa shape index (κ3) is 6.42. The molecule has 11 heteroatoms. The number of piperidine rings is 1. The van der Waals surface area contributed by atoms with Gasteiger partial charge >= 0.3 is 5.97 Å². The van der Waals surface area contributed by atoms with Crippen molar-refractivity contribution in [3.8, 4) is 0 Å². The second kappa shape index (κ2) is 10.3. The fourth-order valence-corrected chi connectivity index (χ4v) is 5.76. The number of carbonyl (C=O) groups is 2. The summed E-state index contributed by atoms with van der Waals surface area (Å²) < 4.78 is 32.3. The lowest BCUT2D eigenvalue weighted by Crippen LogP contribution is -2.42. The first-order valence-electron chi connectivity index (χ1n) is 10.7. The first-order valence-corrected chi connectivity index (χ1v) is 12.4. The molecule has 2 fully saturated rings. The van der Waals surface area contributed by atoms with Crippen LogP contribution in [0, 0.1) is 17.2 Å². The molecule has 10 nitrogen and oxygen atoms in total. The zero-order valence-corrected chi connectivity index (χ0v) is 19.0. The minimum atomic E-state index is -3.48. The molecular weight excluding hydrogens is 434 g/mol. The molecule has 3 rings (SSSR count). The van der Waals surface area contributed by atoms with Crippen LogP contribution in [0.15, 0.2) is 24.3 Å². The summed E-state index contributed by atoms with van der Waals surface area (Å²) in [5.74, 6) is -1.03. The maximum atomic E-state index is 12.6. The van der Waals surface area contributed by atoms with Crippen molar-refractivity contribution in [1.82, 2.24) is 10.0 Å². The Labute approximate surface area is 188 Å². The number of esters is 1. The van der Waals surface area contributed by atoms with E-state index in [0.717, 1.165) is 31.6 Å². The second-order valence-electron chi connectivity index (χ2n) is 8.44. The van der Waals surface area contributed by atoms with Crippen molar-refractivity contribution >= 4 is 33.4 Å². The minimum absolute atomic E-state index is 0.00162. The number of ether oxygens (including phenoxy) is 1. The van der Waals surface area contributed by atoms with Gasteiger partial charge < -0.3 is 20.7 Å². The smallest absolute Gasteiger partial charge is 0.306 e. The first kappa shape index (κ1) is 24.0. The van der Waals surface area contributed by atoms with Crippen LogP contribution in [0.4, 0.5) is 5.69 Å². The van der Waals surface area contributed by atoms with Gasteiger partial charge in [-0.15, -0.1) is 0 Å². The molecule has 2 atom stereocenters. The van der Waals surface area contributed by atoms with E-state index in [9.17, 15) is 18.0 Å². The molecule has 2 aliphatic heterocycles. The Kier molecular flexibility index (Phi) is 7.73. The first-order chi connectivity index (χ1) is 15.2. The minimum Gasteiger partial charge on any atom is -0.469 e. The van der Waals surface area contributed by atoms with E-state index in [1.807, 2.05) is 24.3 Å². The Morgan fingerprint density at radius 3 is 2.53 bits per heavy atom. The van der Waals surface area contributed by atoms with Gasteiger partial charge in [-0.05, 0) is 49.4 Å². The number of amides is 1. The van der Waals surface area contributed by atoms with Crippen molar-refractivity contribution in [2.45, 2.75) is 31.7 Å². The number of sulfonamides is 1. The number of methoxy groups -OCH3 is 1. The maximum Gasteiger partial charge on any atom is 0.306 e. The number of nitrogens with one attached hydrogen (secondary N) is 3. The lowest BCUT2D eigenvalue weighted by atomic mass is 9.98. The normalized spacial score (nSPS) is 21.9. The van der Waals surface area contributed by atoms with Gasteiger partial charge in [0.15, 0.2) is 0 Å². The molecule has 0 unspecified atom stereocenters. The van der Waals surface area contributed by atoms with E-state index < -0.39 is 21.9 Å². The van der Waals surface area contributed by atoms with Gasteiger partial charge in [0.05, 0.1) is 25.2 Å². The van der Waals surface area contributed by atoms with Gasteiger partial charge in [0.25, 0.3) is 0 Å². The van der Waals surface area contributed by atoms with E-state index in [-0.39, 0.29) is 42.4 Å². The lowest BCUT2D eigenvalue weighted by Gasteiger charge is -2.33. The average Bonchev–Trinajstić information content (AvgIpc) is 3.12. The topological polar surface area (TPSA) is 155 Å². The number of hydrogen-bond acceptors (Lipinski definition) is 7. The van der Waals surface area contributed by atoms with Crippen LogP contribution in [0.2, 0.25) is 0 Å². The predicted molar refractivity (Wildman–Crippen MR) is 121 cm³/mol. The van der Waals surface area contributed by atoms with Crippen molar-refractivity contribution in [3.63, 3.8) is 0 Å². The molecule has 0 aromatic heterocycles. The monoisotopic (exact) mass is 465 g/mol. The highest BCUT2D eigenvalue weighted by atomic mass is 32.2. The number of amidine groups is 1. The van der Waals surface area contributed by atoms with Gasteiger partial charge in [-0.2, -0.15) is 0 Å². The molecule has 0 saturated carbocycles. The summed E-state index contributed by atoms with van der Waals surface area (Å²) in [6.45, 7) is 1.63. The molecule has 1 amide bonds. The maximum absolute atomic E-state index is 12.6. The Hall–Kier alpha value is -2.66. The highest BCUT2D eigenvalue weighted by Crippen LogP contribution is 2.25. The molecule has 5 N–H and O–H groups in total. The molecule has 2 heterocycles. The number of hydrogen-bond donors (Lipinski definition) is 4. The van der Waals surface area contributed by atoms with Gasteiger partial charge in [0, 0.05) is 36.9 Å². The fraction of sp³-hybridized carbons (Fsp3) is 0.571. The van der Waals surface area contributed by atoms with E-state index in [1.54, 1.807) is 0 Å². The Balaban J connectivity index is 1.43. The summed E-state index contributed by atoms with van der Waals surface area (Å²) in [6.07, 6.45) is 1.92. The molecule has 1 aromatic carbocycles. The van der Waals surface area contributed by atoms with E-state index in [4.69, 9.17) is 11.1 Å². The van der Waals surface area contributed by atoms with Crippen LogP contribution in [0.3, 0.4) is 0 Å². The molecule has 2 aliphatic rings. The molecule has 176 valence electrons. The van der Waals surface area contributed by atoms with E-state index >= 15 is 0 Å². The van der Waals surface area contributed by atoms with Gasteiger partial charge in [0.1, 0.15) is 5.84 Å². The third-order valence-electron chi connectivity index (χ3n) is 6.09. The summed E-state index contributed by atoms with van der Waals surface area (Å²) in [7, 11) is -2.20. The standard InChI is InChI=1S/C21H31N5O5S/c1-31-19(27)11-16-10-17(25-21(16)28)12-24-32(29,30)13-14-6-8-26(9-7-14)18-4-2-15(3-5-18)20(22)23/h2-5,14,16-17,24H,6-13H2,1H3,(H3,22,23)(H,25,28)/t16-,17-/m0/s1. The van der Waals surface area contributed by atoms with Crippen molar-refractivity contribution in [3.05, 3.63) is 29.8 Å². The van der Waals surface area contributed by atoms with Crippen LogP contribution in [0.25, 0.3) is 0 Å². The molecule has 0 radical (unpaired) electrons. The zero-order chi connectivity index (χ0) is 23.3. The van der Waals surface area contributed by atoms with Crippen LogP contribution in [-0.2, 0) is 24.3 Å². The summed E-state index contributed by atoms with van der Waals surface area (Å²) in [4.78, 5) is 25.5. The van der Waals surface area contributed by atoms with Crippen LogP contribution in [-0.4, -0.2) is 64.7 Å². The number of nitrogens with two attached hydrogens (primary N) is 1. The summed E-state index contributed by atoms with van der Waals surface area (Å²) >= 11 is 0. The molecule has 0 aliphatic carbocycles. The highest BCUT2D eigenvalue weighted by molar-refractivity contribution is 7.89. The molecule has 32 heavy (non-hydrogen) atoms. The number of nitrogen functional groups attached to an aromatic ring is 1. The van der Waals surface area contributed by atoms with Crippen molar-refractivity contribution in [2.24, 2.45) is 17.6 Å². The largest absolute Gasteiger partial charge is 0.469 e. The molecule has 0 bridgehead atoms. The number of anilines is 1. The highest BCUT2D eigenvalue weighted by Gasteiger charge is 2.34. The van der Waals surface area contributed by atoms with Crippen molar-refractivity contribution in [2.75, 3.05) is 37.4 Å². The molecule has 1 aromatic rings. The Morgan fingerprint density at radius 2 is 1.94 bits per heavy atom. The average molecular weight is 466 g/mol. The SMILES string of the molecule is COC(=O)C[C@@H]1C[C@@H](CNS(=O)(=O)CC2CCN(c3ccc(C(=N)N)cc3)CC2)NC1=O. The van der Waals surface area contributed by atoms with Crippen LogP contribution in [0.5, 0.6) is 0 Å². The summed E-state index contributed by atoms with van der Waals surface area (Å²) in [6, 6.07) is 7.16. The van der Waals surface area contributed by atoms with Gasteiger partial charge in [-0.3, -0.25) is 15.0 Å². The van der Waals surface area contributed by atoms with Crippen molar-refractivity contribution in [1.29, 1.82) is 5.41 Å². The molecular formula is C21H31N5O5S. The van der Waals surface area contributed by atoms with Gasteiger partial charge in [0.2, 0.25) is 15.9 Å². The summed E-state index contributed by atoms with van der Waals surface area (Å²) in [5.41, 5.74) is 7.20. The van der Waals surface area contributed by atoms with E-state index in [1.165, 1.54) is 7.11 Å². The van der Waals surface area contributed by atoms with Crippen LogP contribution >= 0.6 is 0 Å². The van der Waals surface area contributed by atoms with E-state index in [2.05, 4.69) is 19.7 Å². The molecule has 2 saturated heterocycles. The van der Waals surface area contributed by atoms with Gasteiger partial charge in [-0.1, -0.05) is 0 Å². The Morgan fingerprint density at radius 1 is 1.28 bits per heavy atom. The number of benzene rings is 1. The summed E-state index contributed by atoms with van der Waals surface area (Å²) in [5, 5.41) is 10.2. The third-order valence-corrected chi connectivity index (χ3v) is 7.61. The van der Waals surface area contributed by atoms with Crippen LogP contribution < -0.4 is 20.7 Å². The predicted octanol–water partition coefficient (Wildman–Crippen LogP) is 0.174. The number of carbonyl (C=O) groups excluding carboxylic acids is 2. The fourth-order valence-electron chi connectivity index (χ4n) is 4.23. The van der Waals surface area contributed by atoms with Crippen LogP contribution in [0.1, 0.15) is 31.2 Å². The molecule has 0 spiro atoms. The van der Waals surface area contributed by atoms with Crippen molar-refractivity contribution < 1.29 is 22.7 Å². The lowest BCUT2D eigenvalue weighted by molar-refractivity contribution is -0.143. The number of nitrogens with zero attached hydrogens (tertiary/aromatic N) is 1.